The van der Waals surface area contributed by atoms with Crippen molar-refractivity contribution in [2.45, 2.75) is 33.7 Å². The lowest BCUT2D eigenvalue weighted by molar-refractivity contribution is -0.145. The van der Waals surface area contributed by atoms with E-state index in [-0.39, 0.29) is 17.9 Å². The Kier molecular flexibility index (Phi) is 3.93. The van der Waals surface area contributed by atoms with Crippen LogP contribution in [0.15, 0.2) is 0 Å². The summed E-state index contributed by atoms with van der Waals surface area (Å²) in [6.07, 6.45) is 0. The quantitative estimate of drug-likeness (QED) is 0.675. The third-order valence-corrected chi connectivity index (χ3v) is 2.71. The normalized spacial score (nSPS) is 23.3. The minimum absolute atomic E-state index is 0.0920. The molecule has 0 unspecified atom stereocenters. The molecule has 1 saturated heterocycles. The lowest BCUT2D eigenvalue weighted by Crippen LogP contribution is -2.52. The van der Waals surface area contributed by atoms with Crippen molar-refractivity contribution < 1.29 is 9.53 Å². The number of hydrogen-bond acceptors (Lipinski definition) is 2. The number of carbonyl (C=O) groups is 1. The van der Waals surface area contributed by atoms with E-state index in [0.717, 1.165) is 6.54 Å². The summed E-state index contributed by atoms with van der Waals surface area (Å²) < 4.78 is 5.41. The van der Waals surface area contributed by atoms with E-state index < -0.39 is 0 Å². The summed E-state index contributed by atoms with van der Waals surface area (Å²) in [4.78, 5) is 13.9. The fourth-order valence-electron chi connectivity index (χ4n) is 1.78. The maximum absolute atomic E-state index is 11.9. The third-order valence-electron chi connectivity index (χ3n) is 2.71. The average Bonchev–Trinajstić information content (AvgIpc) is 2.16. The van der Waals surface area contributed by atoms with Crippen LogP contribution >= 0.6 is 0 Å². The number of amides is 1. The van der Waals surface area contributed by atoms with Gasteiger partial charge in [-0.05, 0) is 5.92 Å². The number of morpholine rings is 1. The molecule has 1 rings (SSSR count). The number of ether oxygens (including phenoxy) is 1. The topological polar surface area (TPSA) is 29.5 Å². The van der Waals surface area contributed by atoms with E-state index in [1.807, 2.05) is 18.7 Å². The Morgan fingerprint density at radius 3 is 2.50 bits per heavy atom. The van der Waals surface area contributed by atoms with Crippen molar-refractivity contribution in [3.63, 3.8) is 0 Å². The molecule has 0 aromatic rings. The first kappa shape index (κ1) is 11.5. The lowest BCUT2D eigenvalue weighted by Gasteiger charge is -2.39. The second kappa shape index (κ2) is 4.78. The van der Waals surface area contributed by atoms with Crippen LogP contribution < -0.4 is 0 Å². The highest BCUT2D eigenvalue weighted by molar-refractivity contribution is 5.78. The van der Waals surface area contributed by atoms with Gasteiger partial charge in [-0.1, -0.05) is 27.7 Å². The van der Waals surface area contributed by atoms with Crippen LogP contribution in [0.1, 0.15) is 27.7 Å². The summed E-state index contributed by atoms with van der Waals surface area (Å²) in [5.74, 6) is 0.819. The van der Waals surface area contributed by atoms with Crippen LogP contribution in [-0.4, -0.2) is 36.6 Å². The summed E-state index contributed by atoms with van der Waals surface area (Å²) in [5.41, 5.74) is 0. The molecule has 1 fully saturated rings. The molecule has 82 valence electrons. The summed E-state index contributed by atoms with van der Waals surface area (Å²) in [6.45, 7) is 10.3. The van der Waals surface area contributed by atoms with Gasteiger partial charge >= 0.3 is 0 Å². The predicted molar refractivity (Wildman–Crippen MR) is 56.0 cm³/mol. The first-order valence-corrected chi connectivity index (χ1v) is 5.42. The SMILES string of the molecule is CC(C)C(=O)N1CCOC[C@@H]1C(C)C. The monoisotopic (exact) mass is 199 g/mol. The molecule has 0 aromatic carbocycles. The summed E-state index contributed by atoms with van der Waals surface area (Å²) in [6, 6.07) is 0.263. The molecule has 0 saturated carbocycles. The molecule has 0 aromatic heterocycles. The Morgan fingerprint density at radius 1 is 1.36 bits per heavy atom. The van der Waals surface area contributed by atoms with Crippen molar-refractivity contribution in [1.29, 1.82) is 0 Å². The maximum atomic E-state index is 11.9. The molecule has 3 nitrogen and oxygen atoms in total. The van der Waals surface area contributed by atoms with Crippen LogP contribution in [0.4, 0.5) is 0 Å². The fraction of sp³-hybridized carbons (Fsp3) is 0.909. The maximum Gasteiger partial charge on any atom is 0.225 e. The van der Waals surface area contributed by atoms with Crippen LogP contribution in [-0.2, 0) is 9.53 Å². The van der Waals surface area contributed by atoms with Crippen LogP contribution in [0.5, 0.6) is 0 Å². The van der Waals surface area contributed by atoms with Gasteiger partial charge in [0.25, 0.3) is 0 Å². The summed E-state index contributed by atoms with van der Waals surface area (Å²) in [7, 11) is 0. The molecular weight excluding hydrogens is 178 g/mol. The molecule has 0 N–H and O–H groups in total. The van der Waals surface area contributed by atoms with Gasteiger partial charge in [0, 0.05) is 12.5 Å². The summed E-state index contributed by atoms with van der Waals surface area (Å²) >= 11 is 0. The molecule has 1 amide bonds. The van der Waals surface area contributed by atoms with E-state index in [4.69, 9.17) is 4.74 Å². The fourth-order valence-corrected chi connectivity index (χ4v) is 1.78. The third kappa shape index (κ3) is 2.47. The van der Waals surface area contributed by atoms with Gasteiger partial charge in [-0.25, -0.2) is 0 Å². The number of hydrogen-bond donors (Lipinski definition) is 0. The minimum Gasteiger partial charge on any atom is -0.377 e. The van der Waals surface area contributed by atoms with E-state index in [2.05, 4.69) is 13.8 Å². The minimum atomic E-state index is 0.0920. The van der Waals surface area contributed by atoms with Crippen LogP contribution in [0.25, 0.3) is 0 Å². The van der Waals surface area contributed by atoms with E-state index >= 15 is 0 Å². The Labute approximate surface area is 86.4 Å². The molecule has 1 heterocycles. The smallest absolute Gasteiger partial charge is 0.225 e. The highest BCUT2D eigenvalue weighted by atomic mass is 16.5. The van der Waals surface area contributed by atoms with Crippen molar-refractivity contribution >= 4 is 5.91 Å². The standard InChI is InChI=1S/C11H21NO2/c1-8(2)10-7-14-6-5-12(10)11(13)9(3)4/h8-10H,5-7H2,1-4H3/t10-/m1/s1. The van der Waals surface area contributed by atoms with E-state index in [1.54, 1.807) is 0 Å². The van der Waals surface area contributed by atoms with Crippen molar-refractivity contribution in [3.05, 3.63) is 0 Å². The Balaban J connectivity index is 2.67. The number of rotatable bonds is 2. The average molecular weight is 199 g/mol. The molecule has 0 bridgehead atoms. The molecule has 1 atom stereocenters. The highest BCUT2D eigenvalue weighted by Crippen LogP contribution is 2.17. The van der Waals surface area contributed by atoms with Crippen LogP contribution in [0.2, 0.25) is 0 Å². The first-order valence-electron chi connectivity index (χ1n) is 5.42. The van der Waals surface area contributed by atoms with Gasteiger partial charge in [0.2, 0.25) is 5.91 Å². The van der Waals surface area contributed by atoms with Crippen molar-refractivity contribution in [2.75, 3.05) is 19.8 Å². The molecule has 1 aliphatic rings. The largest absolute Gasteiger partial charge is 0.377 e. The second-order valence-corrected chi connectivity index (χ2v) is 4.57. The van der Waals surface area contributed by atoms with Crippen molar-refractivity contribution in [2.24, 2.45) is 11.8 Å². The van der Waals surface area contributed by atoms with Gasteiger partial charge in [-0.15, -0.1) is 0 Å². The predicted octanol–water partition coefficient (Wildman–Crippen LogP) is 1.53. The molecule has 0 aliphatic carbocycles. The Bertz CT molecular complexity index is 201. The van der Waals surface area contributed by atoms with E-state index in [9.17, 15) is 4.79 Å². The van der Waals surface area contributed by atoms with Gasteiger partial charge in [-0.2, -0.15) is 0 Å². The van der Waals surface area contributed by atoms with Gasteiger partial charge in [0.1, 0.15) is 0 Å². The molecular formula is C11H21NO2. The van der Waals surface area contributed by atoms with Crippen molar-refractivity contribution in [3.8, 4) is 0 Å². The Hall–Kier alpha value is -0.570. The molecule has 3 heteroatoms. The zero-order valence-corrected chi connectivity index (χ0v) is 9.62. The van der Waals surface area contributed by atoms with Gasteiger partial charge in [0.15, 0.2) is 0 Å². The molecule has 14 heavy (non-hydrogen) atoms. The number of carbonyl (C=O) groups excluding carboxylic acids is 1. The Morgan fingerprint density at radius 2 is 2.00 bits per heavy atom. The highest BCUT2D eigenvalue weighted by Gasteiger charge is 2.30. The van der Waals surface area contributed by atoms with Crippen LogP contribution in [0.3, 0.4) is 0 Å². The molecule has 0 radical (unpaired) electrons. The zero-order valence-electron chi connectivity index (χ0n) is 9.62. The molecule has 1 aliphatic heterocycles. The van der Waals surface area contributed by atoms with Crippen LogP contribution in [0, 0.1) is 11.8 Å². The van der Waals surface area contributed by atoms with Gasteiger partial charge in [-0.3, -0.25) is 4.79 Å². The summed E-state index contributed by atoms with van der Waals surface area (Å²) in [5, 5.41) is 0. The van der Waals surface area contributed by atoms with E-state index in [1.165, 1.54) is 0 Å². The lowest BCUT2D eigenvalue weighted by atomic mass is 10.0. The molecule has 0 spiro atoms. The number of nitrogens with zero attached hydrogens (tertiary/aromatic N) is 1. The van der Waals surface area contributed by atoms with Gasteiger partial charge in [0.05, 0.1) is 19.3 Å². The van der Waals surface area contributed by atoms with Crippen molar-refractivity contribution in [1.82, 2.24) is 4.90 Å². The first-order chi connectivity index (χ1) is 6.54. The zero-order chi connectivity index (χ0) is 10.7. The van der Waals surface area contributed by atoms with E-state index in [0.29, 0.717) is 19.1 Å². The van der Waals surface area contributed by atoms with Gasteiger partial charge < -0.3 is 9.64 Å². The second-order valence-electron chi connectivity index (χ2n) is 4.57.